The van der Waals surface area contributed by atoms with Gasteiger partial charge >= 0.3 is 0 Å². The van der Waals surface area contributed by atoms with Crippen LogP contribution >= 0.6 is 0 Å². The van der Waals surface area contributed by atoms with E-state index in [4.69, 9.17) is 9.72 Å². The predicted octanol–water partition coefficient (Wildman–Crippen LogP) is 4.56. The van der Waals surface area contributed by atoms with E-state index in [1.165, 1.54) is 0 Å². The van der Waals surface area contributed by atoms with Gasteiger partial charge in [-0.05, 0) is 48.5 Å². The number of fused-ring (bicyclic) bond motifs is 1. The maximum atomic E-state index is 12.9. The number of benzene rings is 2. The number of para-hydroxylation sites is 1. The standard InChI is InChI=1S/C22H17N3O2/c1-27-17-8-6-15(7-9-17)21-14-19(18-4-2-3-5-20(18)25-21)22(26)24-16-10-12-23-13-11-16/h2-14H,1H3,(H,23,24,26). The summed E-state index contributed by atoms with van der Waals surface area (Å²) in [5.41, 5.74) is 3.69. The fourth-order valence-corrected chi connectivity index (χ4v) is 2.91. The third kappa shape index (κ3) is 3.48. The molecule has 2 aromatic heterocycles. The summed E-state index contributed by atoms with van der Waals surface area (Å²) < 4.78 is 5.21. The molecule has 0 saturated carbocycles. The highest BCUT2D eigenvalue weighted by atomic mass is 16.5. The molecule has 2 aromatic carbocycles. The third-order valence-electron chi connectivity index (χ3n) is 4.28. The number of hydrogen-bond donors (Lipinski definition) is 1. The molecule has 0 aliphatic carbocycles. The predicted molar refractivity (Wildman–Crippen MR) is 106 cm³/mol. The number of ether oxygens (including phenoxy) is 1. The molecule has 0 radical (unpaired) electrons. The number of aromatic nitrogens is 2. The molecule has 4 rings (SSSR count). The Morgan fingerprint density at radius 2 is 1.70 bits per heavy atom. The van der Waals surface area contributed by atoms with Crippen LogP contribution in [0.15, 0.2) is 79.1 Å². The van der Waals surface area contributed by atoms with Crippen molar-refractivity contribution in [1.82, 2.24) is 9.97 Å². The SMILES string of the molecule is COc1ccc(-c2cc(C(=O)Nc3ccncc3)c3ccccc3n2)cc1. The topological polar surface area (TPSA) is 64.1 Å². The highest BCUT2D eigenvalue weighted by Crippen LogP contribution is 2.27. The molecule has 0 saturated heterocycles. The smallest absolute Gasteiger partial charge is 0.256 e. The van der Waals surface area contributed by atoms with E-state index in [2.05, 4.69) is 10.3 Å². The minimum absolute atomic E-state index is 0.186. The Morgan fingerprint density at radius 3 is 2.44 bits per heavy atom. The van der Waals surface area contributed by atoms with Crippen LogP contribution in [-0.2, 0) is 0 Å². The highest BCUT2D eigenvalue weighted by molar-refractivity contribution is 6.13. The van der Waals surface area contributed by atoms with E-state index in [0.717, 1.165) is 27.9 Å². The van der Waals surface area contributed by atoms with Crippen molar-refractivity contribution in [2.75, 3.05) is 12.4 Å². The van der Waals surface area contributed by atoms with Gasteiger partial charge in [-0.1, -0.05) is 18.2 Å². The molecular formula is C22H17N3O2. The summed E-state index contributed by atoms with van der Waals surface area (Å²) in [6.07, 6.45) is 3.28. The molecule has 2 heterocycles. The van der Waals surface area contributed by atoms with Crippen molar-refractivity contribution < 1.29 is 9.53 Å². The van der Waals surface area contributed by atoms with Gasteiger partial charge in [-0.3, -0.25) is 9.78 Å². The van der Waals surface area contributed by atoms with E-state index in [0.29, 0.717) is 11.3 Å². The summed E-state index contributed by atoms with van der Waals surface area (Å²) in [5, 5.41) is 3.73. The molecule has 1 N–H and O–H groups in total. The van der Waals surface area contributed by atoms with Gasteiger partial charge < -0.3 is 10.1 Å². The highest BCUT2D eigenvalue weighted by Gasteiger charge is 2.14. The molecule has 27 heavy (non-hydrogen) atoms. The first kappa shape index (κ1) is 16.7. The van der Waals surface area contributed by atoms with E-state index < -0.39 is 0 Å². The number of pyridine rings is 2. The van der Waals surface area contributed by atoms with E-state index >= 15 is 0 Å². The number of nitrogens with one attached hydrogen (secondary N) is 1. The van der Waals surface area contributed by atoms with Gasteiger partial charge in [-0.25, -0.2) is 4.98 Å². The first-order valence-corrected chi connectivity index (χ1v) is 8.50. The van der Waals surface area contributed by atoms with Crippen LogP contribution in [0.4, 0.5) is 5.69 Å². The van der Waals surface area contributed by atoms with Gasteiger partial charge in [0.1, 0.15) is 5.75 Å². The molecule has 0 bridgehead atoms. The van der Waals surface area contributed by atoms with Crippen LogP contribution < -0.4 is 10.1 Å². The number of hydrogen-bond acceptors (Lipinski definition) is 4. The fraction of sp³-hybridized carbons (Fsp3) is 0.0455. The van der Waals surface area contributed by atoms with Crippen molar-refractivity contribution >= 4 is 22.5 Å². The van der Waals surface area contributed by atoms with Crippen LogP contribution in [0.1, 0.15) is 10.4 Å². The van der Waals surface area contributed by atoms with E-state index in [-0.39, 0.29) is 5.91 Å². The Kier molecular flexibility index (Phi) is 4.49. The van der Waals surface area contributed by atoms with E-state index in [1.54, 1.807) is 31.6 Å². The molecule has 0 aliphatic rings. The van der Waals surface area contributed by atoms with Gasteiger partial charge in [0, 0.05) is 29.0 Å². The van der Waals surface area contributed by atoms with Crippen LogP contribution in [0, 0.1) is 0 Å². The minimum Gasteiger partial charge on any atom is -0.497 e. The molecule has 0 spiro atoms. The summed E-state index contributed by atoms with van der Waals surface area (Å²) >= 11 is 0. The lowest BCUT2D eigenvalue weighted by Crippen LogP contribution is -2.13. The summed E-state index contributed by atoms with van der Waals surface area (Å²) in [6.45, 7) is 0. The number of anilines is 1. The number of methoxy groups -OCH3 is 1. The maximum absolute atomic E-state index is 12.9. The lowest BCUT2D eigenvalue weighted by Gasteiger charge is -2.11. The monoisotopic (exact) mass is 355 g/mol. The number of carbonyl (C=O) groups is 1. The van der Waals surface area contributed by atoms with Crippen LogP contribution in [-0.4, -0.2) is 23.0 Å². The average molecular weight is 355 g/mol. The lowest BCUT2D eigenvalue weighted by atomic mass is 10.0. The molecule has 4 aromatic rings. The number of amides is 1. The summed E-state index contributed by atoms with van der Waals surface area (Å²) in [7, 11) is 1.63. The van der Waals surface area contributed by atoms with Crippen molar-refractivity contribution in [3.63, 3.8) is 0 Å². The zero-order chi connectivity index (χ0) is 18.6. The number of carbonyl (C=O) groups excluding carboxylic acids is 1. The first-order chi connectivity index (χ1) is 13.2. The Bertz CT molecular complexity index is 1090. The Balaban J connectivity index is 1.79. The second kappa shape index (κ2) is 7.25. The molecule has 0 aliphatic heterocycles. The van der Waals surface area contributed by atoms with Gasteiger partial charge in [0.25, 0.3) is 5.91 Å². The van der Waals surface area contributed by atoms with Gasteiger partial charge in [0.05, 0.1) is 23.9 Å². The van der Waals surface area contributed by atoms with Gasteiger partial charge in [-0.2, -0.15) is 0 Å². The van der Waals surface area contributed by atoms with Crippen LogP contribution in [0.25, 0.3) is 22.2 Å². The summed E-state index contributed by atoms with van der Waals surface area (Å²) in [5.74, 6) is 0.588. The molecule has 0 fully saturated rings. The van der Waals surface area contributed by atoms with E-state index in [9.17, 15) is 4.79 Å². The molecule has 5 nitrogen and oxygen atoms in total. The van der Waals surface area contributed by atoms with Crippen LogP contribution in [0.5, 0.6) is 5.75 Å². The third-order valence-corrected chi connectivity index (χ3v) is 4.28. The van der Waals surface area contributed by atoms with E-state index in [1.807, 2.05) is 54.6 Å². The Hall–Kier alpha value is -3.73. The van der Waals surface area contributed by atoms with Crippen LogP contribution in [0.2, 0.25) is 0 Å². The zero-order valence-corrected chi connectivity index (χ0v) is 14.7. The maximum Gasteiger partial charge on any atom is 0.256 e. The molecule has 5 heteroatoms. The van der Waals surface area contributed by atoms with Crippen molar-refractivity contribution in [3.05, 3.63) is 84.7 Å². The van der Waals surface area contributed by atoms with Gasteiger partial charge in [0.15, 0.2) is 0 Å². The van der Waals surface area contributed by atoms with Gasteiger partial charge in [-0.15, -0.1) is 0 Å². The Morgan fingerprint density at radius 1 is 0.963 bits per heavy atom. The number of nitrogens with zero attached hydrogens (tertiary/aromatic N) is 2. The zero-order valence-electron chi connectivity index (χ0n) is 14.7. The quantitative estimate of drug-likeness (QED) is 0.583. The van der Waals surface area contributed by atoms with Crippen LogP contribution in [0.3, 0.4) is 0 Å². The number of rotatable bonds is 4. The molecule has 0 unspecified atom stereocenters. The summed E-state index contributed by atoms with van der Waals surface area (Å²) in [6, 6.07) is 20.6. The molecular weight excluding hydrogens is 338 g/mol. The molecule has 1 amide bonds. The van der Waals surface area contributed by atoms with Gasteiger partial charge in [0.2, 0.25) is 0 Å². The van der Waals surface area contributed by atoms with Crippen molar-refractivity contribution in [1.29, 1.82) is 0 Å². The fourth-order valence-electron chi connectivity index (χ4n) is 2.91. The molecule has 132 valence electrons. The Labute approximate surface area is 156 Å². The van der Waals surface area contributed by atoms with Crippen molar-refractivity contribution in [2.24, 2.45) is 0 Å². The average Bonchev–Trinajstić information content (AvgIpc) is 2.73. The van der Waals surface area contributed by atoms with Crippen molar-refractivity contribution in [3.8, 4) is 17.0 Å². The second-order valence-corrected chi connectivity index (χ2v) is 5.99. The lowest BCUT2D eigenvalue weighted by molar-refractivity contribution is 0.102. The largest absolute Gasteiger partial charge is 0.497 e. The summed E-state index contributed by atoms with van der Waals surface area (Å²) in [4.78, 5) is 21.6. The molecule has 0 atom stereocenters. The minimum atomic E-state index is -0.186. The van der Waals surface area contributed by atoms with Crippen molar-refractivity contribution in [2.45, 2.75) is 0 Å². The second-order valence-electron chi connectivity index (χ2n) is 5.99. The first-order valence-electron chi connectivity index (χ1n) is 8.50. The normalized spacial score (nSPS) is 10.6.